The molecule has 3 aromatic rings. The molecule has 1 aromatic heterocycles. The summed E-state index contributed by atoms with van der Waals surface area (Å²) >= 11 is 0. The van der Waals surface area contributed by atoms with Crippen LogP contribution in [0.15, 0.2) is 54.7 Å². The minimum absolute atomic E-state index is 0.0691. The molecule has 0 saturated carbocycles. The zero-order valence-electron chi connectivity index (χ0n) is 17.0. The summed E-state index contributed by atoms with van der Waals surface area (Å²) in [5.41, 5.74) is 1.47. The number of carbonyl (C=O) groups is 1. The molecule has 6 heteroatoms. The van der Waals surface area contributed by atoms with Gasteiger partial charge >= 0.3 is 6.09 Å². The third-order valence-corrected chi connectivity index (χ3v) is 5.43. The number of hydrogen-bond donors (Lipinski definition) is 1. The third kappa shape index (κ3) is 3.88. The van der Waals surface area contributed by atoms with E-state index in [9.17, 15) is 9.90 Å². The van der Waals surface area contributed by atoms with Gasteiger partial charge in [-0.25, -0.2) is 14.8 Å². The smallest absolute Gasteiger partial charge is 0.408 e. The second-order valence-electron chi connectivity index (χ2n) is 8.52. The van der Waals surface area contributed by atoms with Crippen LogP contribution >= 0.6 is 0 Å². The molecule has 150 valence electrons. The molecule has 1 N–H and O–H groups in total. The summed E-state index contributed by atoms with van der Waals surface area (Å²) in [7, 11) is 0. The Bertz CT molecular complexity index is 1040. The number of rotatable bonds is 3. The first-order chi connectivity index (χ1) is 13.8. The van der Waals surface area contributed by atoms with Gasteiger partial charge in [0.1, 0.15) is 0 Å². The first-order valence-electron chi connectivity index (χ1n) is 9.92. The Balaban J connectivity index is 1.58. The molecule has 2 heterocycles. The highest BCUT2D eigenvalue weighted by Crippen LogP contribution is 2.28. The zero-order valence-corrected chi connectivity index (χ0v) is 17.0. The average Bonchev–Trinajstić information content (AvgIpc) is 3.15. The maximum atomic E-state index is 11.8. The Morgan fingerprint density at radius 1 is 1.14 bits per heavy atom. The third-order valence-electron chi connectivity index (χ3n) is 5.43. The van der Waals surface area contributed by atoms with Crippen molar-refractivity contribution in [1.29, 1.82) is 0 Å². The summed E-state index contributed by atoms with van der Waals surface area (Å²) in [5, 5.41) is 12.1. The largest absolute Gasteiger partial charge is 0.465 e. The first-order valence-corrected chi connectivity index (χ1v) is 9.92. The summed E-state index contributed by atoms with van der Waals surface area (Å²) in [6.45, 7) is 7.14. The summed E-state index contributed by atoms with van der Waals surface area (Å²) < 4.78 is 0. The van der Waals surface area contributed by atoms with E-state index in [2.05, 4.69) is 40.2 Å². The van der Waals surface area contributed by atoms with Gasteiger partial charge in [-0.1, -0.05) is 36.4 Å². The van der Waals surface area contributed by atoms with Gasteiger partial charge in [0.2, 0.25) is 5.95 Å². The van der Waals surface area contributed by atoms with Crippen LogP contribution in [0.5, 0.6) is 0 Å². The lowest BCUT2D eigenvalue weighted by Crippen LogP contribution is -2.52. The summed E-state index contributed by atoms with van der Waals surface area (Å²) in [6.07, 6.45) is 1.67. The quantitative estimate of drug-likeness (QED) is 0.705. The van der Waals surface area contributed by atoms with Gasteiger partial charge in [0, 0.05) is 30.4 Å². The van der Waals surface area contributed by atoms with Crippen molar-refractivity contribution in [3.63, 3.8) is 0 Å². The maximum absolute atomic E-state index is 11.8. The van der Waals surface area contributed by atoms with Gasteiger partial charge in [-0.05, 0) is 50.1 Å². The van der Waals surface area contributed by atoms with E-state index in [4.69, 9.17) is 4.98 Å². The van der Waals surface area contributed by atoms with Crippen LogP contribution in [0.4, 0.5) is 10.7 Å². The van der Waals surface area contributed by atoms with E-state index in [0.717, 1.165) is 24.2 Å². The topological polar surface area (TPSA) is 69.6 Å². The molecule has 1 aliphatic rings. The lowest BCUT2D eigenvalue weighted by Gasteiger charge is -2.37. The predicted octanol–water partition coefficient (Wildman–Crippen LogP) is 4.65. The molecule has 4 rings (SSSR count). The summed E-state index contributed by atoms with van der Waals surface area (Å²) in [4.78, 5) is 24.7. The van der Waals surface area contributed by atoms with Crippen molar-refractivity contribution < 1.29 is 9.90 Å². The summed E-state index contributed by atoms with van der Waals surface area (Å²) in [5.74, 6) is 0.650. The standard InChI is InChI=1S/C23H26N4O2/c1-23(2,3)27(22(28)29)19-11-13-26(15-19)21-24-12-10-20(25-21)18-9-8-16-6-4-5-7-17(16)14-18/h4-10,12,14,19H,11,13,15H2,1-3H3,(H,28,29)/t19-/m0/s1. The molecule has 6 nitrogen and oxygen atoms in total. The number of nitrogens with zero attached hydrogens (tertiary/aromatic N) is 4. The Labute approximate surface area is 170 Å². The molecule has 0 unspecified atom stereocenters. The fraction of sp³-hybridized carbons (Fsp3) is 0.348. The van der Waals surface area contributed by atoms with Gasteiger partial charge in [-0.3, -0.25) is 4.90 Å². The minimum Gasteiger partial charge on any atom is -0.465 e. The highest BCUT2D eigenvalue weighted by atomic mass is 16.4. The molecular formula is C23H26N4O2. The molecule has 0 radical (unpaired) electrons. The molecular weight excluding hydrogens is 364 g/mol. The predicted molar refractivity (Wildman–Crippen MR) is 115 cm³/mol. The number of amides is 1. The van der Waals surface area contributed by atoms with Crippen LogP contribution in [0, 0.1) is 0 Å². The molecule has 0 bridgehead atoms. The summed E-state index contributed by atoms with van der Waals surface area (Å²) in [6, 6.07) is 16.4. The van der Waals surface area contributed by atoms with Crippen molar-refractivity contribution in [2.24, 2.45) is 0 Å². The molecule has 0 spiro atoms. The van der Waals surface area contributed by atoms with Crippen molar-refractivity contribution in [3.05, 3.63) is 54.7 Å². The maximum Gasteiger partial charge on any atom is 0.408 e. The number of hydrogen-bond acceptors (Lipinski definition) is 4. The monoisotopic (exact) mass is 390 g/mol. The van der Waals surface area contributed by atoms with E-state index in [1.54, 1.807) is 11.1 Å². The van der Waals surface area contributed by atoms with Crippen molar-refractivity contribution >= 4 is 22.8 Å². The van der Waals surface area contributed by atoms with Crippen LogP contribution in [0.3, 0.4) is 0 Å². The van der Waals surface area contributed by atoms with Crippen LogP contribution in [0.25, 0.3) is 22.0 Å². The Morgan fingerprint density at radius 3 is 2.62 bits per heavy atom. The van der Waals surface area contributed by atoms with Crippen molar-refractivity contribution in [2.75, 3.05) is 18.0 Å². The number of fused-ring (bicyclic) bond motifs is 1. The average molecular weight is 390 g/mol. The number of benzene rings is 2. The molecule has 1 saturated heterocycles. The zero-order chi connectivity index (χ0) is 20.6. The van der Waals surface area contributed by atoms with Crippen molar-refractivity contribution in [3.8, 4) is 11.3 Å². The second-order valence-corrected chi connectivity index (χ2v) is 8.52. The van der Waals surface area contributed by atoms with Crippen LogP contribution in [-0.2, 0) is 0 Å². The van der Waals surface area contributed by atoms with Crippen LogP contribution in [-0.4, -0.2) is 50.7 Å². The van der Waals surface area contributed by atoms with Crippen LogP contribution < -0.4 is 4.90 Å². The number of aromatic nitrogens is 2. The van der Waals surface area contributed by atoms with Gasteiger partial charge in [0.05, 0.1) is 11.7 Å². The van der Waals surface area contributed by atoms with Crippen molar-refractivity contribution in [2.45, 2.75) is 38.8 Å². The second kappa shape index (κ2) is 7.35. The molecule has 2 aromatic carbocycles. The van der Waals surface area contributed by atoms with E-state index < -0.39 is 11.6 Å². The van der Waals surface area contributed by atoms with Gasteiger partial charge in [-0.15, -0.1) is 0 Å². The van der Waals surface area contributed by atoms with E-state index in [1.165, 1.54) is 10.8 Å². The minimum atomic E-state index is -0.879. The molecule has 1 atom stereocenters. The fourth-order valence-corrected chi connectivity index (χ4v) is 4.14. The molecule has 29 heavy (non-hydrogen) atoms. The Hall–Kier alpha value is -3.15. The highest BCUT2D eigenvalue weighted by Gasteiger charge is 2.37. The van der Waals surface area contributed by atoms with E-state index >= 15 is 0 Å². The Morgan fingerprint density at radius 2 is 1.90 bits per heavy atom. The fourth-order valence-electron chi connectivity index (χ4n) is 4.14. The van der Waals surface area contributed by atoms with Crippen LogP contribution in [0.2, 0.25) is 0 Å². The Kier molecular flexibility index (Phi) is 4.86. The molecule has 1 aliphatic heterocycles. The molecule has 1 amide bonds. The number of carboxylic acid groups (broad SMARTS) is 1. The normalized spacial score (nSPS) is 16.9. The van der Waals surface area contributed by atoms with Gasteiger partial charge in [0.25, 0.3) is 0 Å². The lowest BCUT2D eigenvalue weighted by atomic mass is 10.0. The number of anilines is 1. The van der Waals surface area contributed by atoms with E-state index in [0.29, 0.717) is 12.5 Å². The van der Waals surface area contributed by atoms with Gasteiger partial charge < -0.3 is 10.0 Å². The van der Waals surface area contributed by atoms with Gasteiger partial charge in [0.15, 0.2) is 0 Å². The lowest BCUT2D eigenvalue weighted by molar-refractivity contribution is 0.0762. The van der Waals surface area contributed by atoms with Gasteiger partial charge in [-0.2, -0.15) is 0 Å². The van der Waals surface area contributed by atoms with E-state index in [1.807, 2.05) is 39.0 Å². The SMILES string of the molecule is CC(C)(C)N(C(=O)O)[C@H]1CCN(c2nccc(-c3ccc4ccccc4c3)n2)C1. The van der Waals surface area contributed by atoms with Crippen LogP contribution in [0.1, 0.15) is 27.2 Å². The molecule has 0 aliphatic carbocycles. The highest BCUT2D eigenvalue weighted by molar-refractivity contribution is 5.86. The first kappa shape index (κ1) is 19.2. The molecule has 1 fully saturated rings. The van der Waals surface area contributed by atoms with Crippen molar-refractivity contribution in [1.82, 2.24) is 14.9 Å². The van der Waals surface area contributed by atoms with E-state index in [-0.39, 0.29) is 6.04 Å².